The number of hydrogen-bond donors (Lipinski definition) is 1. The summed E-state index contributed by atoms with van der Waals surface area (Å²) in [6.45, 7) is 14.0. The zero-order valence-corrected chi connectivity index (χ0v) is 23.7. The summed E-state index contributed by atoms with van der Waals surface area (Å²) in [7, 11) is 0. The molecule has 6 heteroatoms. The van der Waals surface area contributed by atoms with Crippen molar-refractivity contribution in [2.24, 2.45) is 0 Å². The molecule has 0 aliphatic carbocycles. The quantitative estimate of drug-likeness (QED) is 0.208. The molecule has 1 amide bonds. The molecule has 1 heterocycles. The van der Waals surface area contributed by atoms with Crippen LogP contribution in [0.4, 0.5) is 5.69 Å². The maximum atomic E-state index is 13.5. The second-order valence-corrected chi connectivity index (χ2v) is 11.6. The van der Waals surface area contributed by atoms with Gasteiger partial charge in [-0.2, -0.15) is 0 Å². The summed E-state index contributed by atoms with van der Waals surface area (Å²) in [5, 5.41) is 12.0. The Morgan fingerprint density at radius 1 is 0.947 bits per heavy atom. The Labute approximate surface area is 229 Å². The summed E-state index contributed by atoms with van der Waals surface area (Å²) in [6, 6.07) is 17.5. The summed E-state index contributed by atoms with van der Waals surface area (Å²) < 4.78 is 5.83. The zero-order chi connectivity index (χ0) is 27.9. The Kier molecular flexibility index (Phi) is 7.44. The number of anilines is 1. The summed E-state index contributed by atoms with van der Waals surface area (Å²) in [5.41, 5.74) is 4.38. The lowest BCUT2D eigenvalue weighted by atomic mass is 9.85. The van der Waals surface area contributed by atoms with Gasteiger partial charge in [-0.1, -0.05) is 62.7 Å². The van der Waals surface area contributed by atoms with E-state index in [9.17, 15) is 14.7 Å². The molecule has 1 aliphatic heterocycles. The number of nitrogens with zero attached hydrogens (tertiary/aromatic N) is 1. The summed E-state index contributed by atoms with van der Waals surface area (Å²) >= 11 is 6.31. The number of carbonyl (C=O) groups excluding carboxylic acids is 2. The average molecular weight is 532 g/mol. The normalized spacial score (nSPS) is 17.4. The van der Waals surface area contributed by atoms with Gasteiger partial charge in [-0.15, -0.1) is 0 Å². The van der Waals surface area contributed by atoms with Gasteiger partial charge in [0, 0.05) is 16.3 Å². The minimum absolute atomic E-state index is 0.00419. The maximum absolute atomic E-state index is 13.5. The molecular formula is C32H34ClNO4. The van der Waals surface area contributed by atoms with E-state index < -0.39 is 17.7 Å². The first-order valence-electron chi connectivity index (χ1n) is 12.7. The van der Waals surface area contributed by atoms with E-state index in [1.54, 1.807) is 30.3 Å². The van der Waals surface area contributed by atoms with E-state index in [1.807, 2.05) is 58.0 Å². The van der Waals surface area contributed by atoms with Crippen LogP contribution in [-0.2, 0) is 15.0 Å². The topological polar surface area (TPSA) is 66.8 Å². The molecule has 5 nitrogen and oxygen atoms in total. The molecule has 3 aromatic rings. The lowest BCUT2D eigenvalue weighted by Gasteiger charge is -2.28. The lowest BCUT2D eigenvalue weighted by molar-refractivity contribution is -0.132. The van der Waals surface area contributed by atoms with Crippen LogP contribution >= 0.6 is 11.6 Å². The average Bonchev–Trinajstić information content (AvgIpc) is 3.11. The molecule has 198 valence electrons. The third kappa shape index (κ3) is 5.21. The highest BCUT2D eigenvalue weighted by Gasteiger charge is 2.47. The van der Waals surface area contributed by atoms with Crippen LogP contribution in [0.2, 0.25) is 5.02 Å². The molecule has 1 N–H and O–H groups in total. The predicted molar refractivity (Wildman–Crippen MR) is 153 cm³/mol. The minimum atomic E-state index is -0.826. The molecule has 0 bridgehead atoms. The lowest BCUT2D eigenvalue weighted by Crippen LogP contribution is -2.30. The number of amides is 1. The number of ether oxygens (including phenoxy) is 1. The van der Waals surface area contributed by atoms with Crippen molar-refractivity contribution in [2.75, 3.05) is 4.90 Å². The molecule has 0 radical (unpaired) electrons. The van der Waals surface area contributed by atoms with Crippen molar-refractivity contribution < 1.29 is 19.4 Å². The van der Waals surface area contributed by atoms with Gasteiger partial charge in [-0.3, -0.25) is 14.5 Å². The number of carbonyl (C=O) groups is 2. The van der Waals surface area contributed by atoms with E-state index in [4.69, 9.17) is 16.3 Å². The van der Waals surface area contributed by atoms with E-state index in [2.05, 4.69) is 20.8 Å². The second kappa shape index (κ2) is 10.3. The van der Waals surface area contributed by atoms with Crippen molar-refractivity contribution in [3.05, 3.63) is 99.1 Å². The standard InChI is InChI=1S/C32H34ClNO4/c1-18(2)38-26-15-11-22(16-20(26)4)29(35)27-28(21-9-12-23(13-10-21)32(5,6)7)34(31(37)30(27)36)25-17-24(33)14-8-19(25)3/h8-18,28,35H,1-7H3/b29-27+. The van der Waals surface area contributed by atoms with Gasteiger partial charge in [0.25, 0.3) is 11.7 Å². The molecule has 0 spiro atoms. The van der Waals surface area contributed by atoms with Gasteiger partial charge in [0.1, 0.15) is 11.5 Å². The third-order valence-electron chi connectivity index (χ3n) is 6.78. The highest BCUT2D eigenvalue weighted by molar-refractivity contribution is 6.52. The van der Waals surface area contributed by atoms with E-state index in [0.29, 0.717) is 22.0 Å². The van der Waals surface area contributed by atoms with Crippen molar-refractivity contribution in [3.8, 4) is 5.75 Å². The number of Topliss-reactive ketones (excluding diaryl/α,β-unsaturated/α-hetero) is 1. The number of aliphatic hydroxyl groups is 1. The largest absolute Gasteiger partial charge is 0.507 e. The van der Waals surface area contributed by atoms with Crippen LogP contribution in [0.3, 0.4) is 0 Å². The smallest absolute Gasteiger partial charge is 0.300 e. The second-order valence-electron chi connectivity index (χ2n) is 11.1. The molecule has 1 unspecified atom stereocenters. The van der Waals surface area contributed by atoms with Gasteiger partial charge in [-0.25, -0.2) is 0 Å². The zero-order valence-electron chi connectivity index (χ0n) is 22.9. The number of benzene rings is 3. The first-order valence-corrected chi connectivity index (χ1v) is 13.1. The van der Waals surface area contributed by atoms with Crippen molar-refractivity contribution in [1.82, 2.24) is 0 Å². The van der Waals surface area contributed by atoms with Crippen LogP contribution in [0.5, 0.6) is 5.75 Å². The Morgan fingerprint density at radius 3 is 2.18 bits per heavy atom. The van der Waals surface area contributed by atoms with Crippen LogP contribution < -0.4 is 9.64 Å². The van der Waals surface area contributed by atoms with Gasteiger partial charge in [0.2, 0.25) is 0 Å². The fourth-order valence-electron chi connectivity index (χ4n) is 4.74. The monoisotopic (exact) mass is 531 g/mol. The highest BCUT2D eigenvalue weighted by atomic mass is 35.5. The number of halogens is 1. The number of aliphatic hydroxyl groups excluding tert-OH is 1. The van der Waals surface area contributed by atoms with Gasteiger partial charge in [-0.05, 0) is 85.7 Å². The minimum Gasteiger partial charge on any atom is -0.507 e. The molecule has 1 saturated heterocycles. The molecule has 0 saturated carbocycles. The first-order chi connectivity index (χ1) is 17.8. The van der Waals surface area contributed by atoms with Crippen LogP contribution in [0, 0.1) is 13.8 Å². The van der Waals surface area contributed by atoms with E-state index in [0.717, 1.165) is 22.3 Å². The maximum Gasteiger partial charge on any atom is 0.300 e. The predicted octanol–water partition coefficient (Wildman–Crippen LogP) is 7.67. The Balaban J connectivity index is 1.93. The highest BCUT2D eigenvalue weighted by Crippen LogP contribution is 2.44. The Bertz CT molecular complexity index is 1430. The first kappa shape index (κ1) is 27.5. The molecule has 1 atom stereocenters. The van der Waals surface area contributed by atoms with Gasteiger partial charge >= 0.3 is 0 Å². The fourth-order valence-corrected chi connectivity index (χ4v) is 4.91. The van der Waals surface area contributed by atoms with Crippen LogP contribution in [0.25, 0.3) is 5.76 Å². The molecular weight excluding hydrogens is 498 g/mol. The van der Waals surface area contributed by atoms with Crippen LogP contribution in [-0.4, -0.2) is 22.9 Å². The number of hydrogen-bond acceptors (Lipinski definition) is 4. The molecule has 4 rings (SSSR count). The number of aryl methyl sites for hydroxylation is 2. The van der Waals surface area contributed by atoms with Gasteiger partial charge in [0.15, 0.2) is 0 Å². The Morgan fingerprint density at radius 2 is 1.61 bits per heavy atom. The van der Waals surface area contributed by atoms with E-state index in [1.165, 1.54) is 4.90 Å². The third-order valence-corrected chi connectivity index (χ3v) is 7.01. The van der Waals surface area contributed by atoms with Crippen molar-refractivity contribution in [3.63, 3.8) is 0 Å². The summed E-state index contributed by atoms with van der Waals surface area (Å²) in [4.78, 5) is 28.5. The van der Waals surface area contributed by atoms with Crippen molar-refractivity contribution in [1.29, 1.82) is 0 Å². The SMILES string of the molecule is Cc1cc(/C(O)=C2\C(=O)C(=O)N(c3cc(Cl)ccc3C)C2c2ccc(C(C)(C)C)cc2)ccc1OC(C)C. The fraction of sp³-hybridized carbons (Fsp3) is 0.312. The number of rotatable bonds is 5. The molecule has 38 heavy (non-hydrogen) atoms. The molecule has 1 fully saturated rings. The van der Waals surface area contributed by atoms with Gasteiger partial charge < -0.3 is 9.84 Å². The van der Waals surface area contributed by atoms with E-state index >= 15 is 0 Å². The number of ketones is 1. The van der Waals surface area contributed by atoms with Crippen molar-refractivity contribution in [2.45, 2.75) is 66.0 Å². The van der Waals surface area contributed by atoms with Crippen molar-refractivity contribution >= 4 is 34.7 Å². The van der Waals surface area contributed by atoms with Crippen LogP contribution in [0.15, 0.2) is 66.2 Å². The summed E-state index contributed by atoms with van der Waals surface area (Å²) in [6.07, 6.45) is -0.00419. The van der Waals surface area contributed by atoms with E-state index in [-0.39, 0.29) is 22.9 Å². The van der Waals surface area contributed by atoms with Gasteiger partial charge in [0.05, 0.1) is 17.7 Å². The molecule has 0 aromatic heterocycles. The summed E-state index contributed by atoms with van der Waals surface area (Å²) in [5.74, 6) is -0.985. The molecule has 1 aliphatic rings. The Hall–Kier alpha value is -3.57. The molecule has 3 aromatic carbocycles. The van der Waals surface area contributed by atoms with Crippen LogP contribution in [0.1, 0.15) is 68.5 Å².